The van der Waals surface area contributed by atoms with Crippen LogP contribution in [0.3, 0.4) is 0 Å². The Kier molecular flexibility index (Phi) is 6.87. The Hall–Kier alpha value is -1.21. The predicted octanol–water partition coefficient (Wildman–Crippen LogP) is 1.58. The van der Waals surface area contributed by atoms with Crippen LogP contribution in [0.15, 0.2) is 0 Å². The van der Waals surface area contributed by atoms with Gasteiger partial charge in [0.2, 0.25) is 5.13 Å². The zero-order chi connectivity index (χ0) is 15.1. The number of carbonyl (C=O) groups is 1. The normalized spacial score (nSPS) is 12.7. The van der Waals surface area contributed by atoms with E-state index in [4.69, 9.17) is 5.11 Å². The van der Waals surface area contributed by atoms with Gasteiger partial charge in [-0.05, 0) is 33.5 Å². The number of rotatable bonds is 9. The lowest BCUT2D eigenvalue weighted by molar-refractivity contribution is -0.140. The van der Waals surface area contributed by atoms with E-state index in [2.05, 4.69) is 15.1 Å². The van der Waals surface area contributed by atoms with E-state index in [9.17, 15) is 4.79 Å². The number of anilines is 1. The lowest BCUT2D eigenvalue weighted by Gasteiger charge is -2.24. The first-order valence-electron chi connectivity index (χ1n) is 6.88. The first-order valence-corrected chi connectivity index (χ1v) is 7.70. The third-order valence-electron chi connectivity index (χ3n) is 2.98. The largest absolute Gasteiger partial charge is 0.481 e. The van der Waals surface area contributed by atoms with Crippen LogP contribution in [0.5, 0.6) is 0 Å². The van der Waals surface area contributed by atoms with Gasteiger partial charge in [0.25, 0.3) is 0 Å². The summed E-state index contributed by atoms with van der Waals surface area (Å²) in [5.41, 5.74) is 0. The molecular formula is C13H24N4O2S. The fraction of sp³-hybridized carbons (Fsp3) is 0.769. The average Bonchev–Trinajstić information content (AvgIpc) is 2.85. The number of aromatic nitrogens is 2. The highest BCUT2D eigenvalue weighted by Gasteiger charge is 2.19. The van der Waals surface area contributed by atoms with Crippen molar-refractivity contribution in [2.24, 2.45) is 5.92 Å². The van der Waals surface area contributed by atoms with E-state index in [1.807, 2.05) is 25.9 Å². The second-order valence-corrected chi connectivity index (χ2v) is 6.21. The van der Waals surface area contributed by atoms with E-state index < -0.39 is 11.9 Å². The Morgan fingerprint density at radius 1 is 1.35 bits per heavy atom. The maximum absolute atomic E-state index is 11.0. The zero-order valence-corrected chi connectivity index (χ0v) is 13.5. The molecule has 1 heterocycles. The van der Waals surface area contributed by atoms with Crippen LogP contribution in [0, 0.1) is 5.92 Å². The van der Waals surface area contributed by atoms with Gasteiger partial charge >= 0.3 is 5.97 Å². The van der Waals surface area contributed by atoms with Crippen LogP contribution in [-0.2, 0) is 11.2 Å². The number of aliphatic carboxylic acids is 1. The summed E-state index contributed by atoms with van der Waals surface area (Å²) in [5.74, 6) is -1.19. The molecule has 1 aromatic rings. The van der Waals surface area contributed by atoms with Crippen molar-refractivity contribution in [1.29, 1.82) is 0 Å². The van der Waals surface area contributed by atoms with Gasteiger partial charge in [0, 0.05) is 13.1 Å². The fourth-order valence-corrected chi connectivity index (χ4v) is 2.58. The van der Waals surface area contributed by atoms with Crippen LogP contribution in [0.1, 0.15) is 25.3 Å². The molecule has 0 amide bonds. The van der Waals surface area contributed by atoms with Gasteiger partial charge in [-0.25, -0.2) is 0 Å². The minimum atomic E-state index is -0.775. The summed E-state index contributed by atoms with van der Waals surface area (Å²) >= 11 is 1.55. The van der Waals surface area contributed by atoms with Crippen LogP contribution >= 0.6 is 11.3 Å². The van der Waals surface area contributed by atoms with E-state index in [0.717, 1.165) is 36.1 Å². The number of hydrogen-bond donors (Lipinski definition) is 1. The third-order valence-corrected chi connectivity index (χ3v) is 4.11. The molecule has 7 heteroatoms. The summed E-state index contributed by atoms with van der Waals surface area (Å²) in [7, 11) is 4.06. The summed E-state index contributed by atoms with van der Waals surface area (Å²) in [4.78, 5) is 15.2. The van der Waals surface area contributed by atoms with Gasteiger partial charge in [-0.1, -0.05) is 25.2 Å². The van der Waals surface area contributed by atoms with Crippen molar-refractivity contribution < 1.29 is 9.90 Å². The van der Waals surface area contributed by atoms with Crippen molar-refractivity contribution in [3.05, 3.63) is 5.01 Å². The molecule has 0 aromatic carbocycles. The molecule has 114 valence electrons. The van der Waals surface area contributed by atoms with Gasteiger partial charge in [0.15, 0.2) is 0 Å². The van der Waals surface area contributed by atoms with E-state index >= 15 is 0 Å². The number of carboxylic acids is 1. The highest BCUT2D eigenvalue weighted by molar-refractivity contribution is 7.15. The minimum absolute atomic E-state index is 0.414. The smallest absolute Gasteiger partial charge is 0.308 e. The van der Waals surface area contributed by atoms with Crippen molar-refractivity contribution in [3.63, 3.8) is 0 Å². The minimum Gasteiger partial charge on any atom is -0.481 e. The van der Waals surface area contributed by atoms with Crippen LogP contribution in [-0.4, -0.2) is 59.9 Å². The Morgan fingerprint density at radius 2 is 2.05 bits per heavy atom. The molecule has 0 aliphatic rings. The lowest BCUT2D eigenvalue weighted by atomic mass is 10.1. The third kappa shape index (κ3) is 5.42. The lowest BCUT2D eigenvalue weighted by Crippen LogP contribution is -2.33. The second kappa shape index (κ2) is 8.16. The molecule has 1 N–H and O–H groups in total. The van der Waals surface area contributed by atoms with E-state index in [0.29, 0.717) is 6.54 Å². The molecule has 1 unspecified atom stereocenters. The fourth-order valence-electron chi connectivity index (χ4n) is 1.77. The Balaban J connectivity index is 2.69. The topological polar surface area (TPSA) is 69.6 Å². The van der Waals surface area contributed by atoms with Gasteiger partial charge < -0.3 is 14.9 Å². The summed E-state index contributed by atoms with van der Waals surface area (Å²) in [6.45, 7) is 6.01. The zero-order valence-electron chi connectivity index (χ0n) is 12.7. The standard InChI is InChI=1S/C13H24N4O2S/c1-5-11-14-15-13(20-11)17(8-6-7-16(3)4)9-10(2)12(18)19/h10H,5-9H2,1-4H3,(H,18,19). The SMILES string of the molecule is CCc1nnc(N(CCCN(C)C)CC(C)C(=O)O)s1. The molecule has 1 atom stereocenters. The molecular weight excluding hydrogens is 276 g/mol. The summed E-state index contributed by atoms with van der Waals surface area (Å²) in [5, 5.41) is 19.2. The molecule has 0 radical (unpaired) electrons. The molecule has 0 saturated heterocycles. The average molecular weight is 300 g/mol. The van der Waals surface area contributed by atoms with Gasteiger partial charge in [-0.15, -0.1) is 10.2 Å². The number of aryl methyl sites for hydroxylation is 1. The van der Waals surface area contributed by atoms with Crippen molar-refractivity contribution in [3.8, 4) is 0 Å². The van der Waals surface area contributed by atoms with Crippen LogP contribution in [0.25, 0.3) is 0 Å². The molecule has 0 fully saturated rings. The van der Waals surface area contributed by atoms with Gasteiger partial charge in [0.05, 0.1) is 5.92 Å². The van der Waals surface area contributed by atoms with Crippen LogP contribution in [0.4, 0.5) is 5.13 Å². The summed E-state index contributed by atoms with van der Waals surface area (Å²) in [6, 6.07) is 0. The highest BCUT2D eigenvalue weighted by Crippen LogP contribution is 2.22. The molecule has 1 rings (SSSR count). The summed E-state index contributed by atoms with van der Waals surface area (Å²) in [6.07, 6.45) is 1.83. The quantitative estimate of drug-likeness (QED) is 0.746. The van der Waals surface area contributed by atoms with E-state index in [1.165, 1.54) is 0 Å². The number of nitrogens with zero attached hydrogens (tertiary/aromatic N) is 4. The predicted molar refractivity (Wildman–Crippen MR) is 81.5 cm³/mol. The van der Waals surface area contributed by atoms with Crippen molar-refractivity contribution in [2.75, 3.05) is 38.6 Å². The van der Waals surface area contributed by atoms with Crippen molar-refractivity contribution >= 4 is 22.4 Å². The van der Waals surface area contributed by atoms with Gasteiger partial charge in [-0.3, -0.25) is 4.79 Å². The molecule has 0 saturated carbocycles. The first-order chi connectivity index (χ1) is 9.43. The maximum atomic E-state index is 11.0. The Bertz CT molecular complexity index is 422. The molecule has 0 aliphatic heterocycles. The first kappa shape index (κ1) is 16.8. The summed E-state index contributed by atoms with van der Waals surface area (Å²) < 4.78 is 0. The van der Waals surface area contributed by atoms with Crippen molar-refractivity contribution in [1.82, 2.24) is 15.1 Å². The van der Waals surface area contributed by atoms with E-state index in [-0.39, 0.29) is 0 Å². The molecule has 0 aliphatic carbocycles. The van der Waals surface area contributed by atoms with Crippen molar-refractivity contribution in [2.45, 2.75) is 26.7 Å². The highest BCUT2D eigenvalue weighted by atomic mass is 32.1. The van der Waals surface area contributed by atoms with Gasteiger partial charge in [0.1, 0.15) is 5.01 Å². The Morgan fingerprint density at radius 3 is 2.55 bits per heavy atom. The Labute approximate surface area is 124 Å². The van der Waals surface area contributed by atoms with E-state index in [1.54, 1.807) is 18.3 Å². The number of hydrogen-bond acceptors (Lipinski definition) is 6. The number of carboxylic acid groups (broad SMARTS) is 1. The molecule has 0 bridgehead atoms. The molecule has 20 heavy (non-hydrogen) atoms. The molecule has 1 aromatic heterocycles. The van der Waals surface area contributed by atoms with Crippen LogP contribution in [0.2, 0.25) is 0 Å². The van der Waals surface area contributed by atoms with Crippen LogP contribution < -0.4 is 4.90 Å². The van der Waals surface area contributed by atoms with Gasteiger partial charge in [-0.2, -0.15) is 0 Å². The second-order valence-electron chi connectivity index (χ2n) is 5.17. The molecule has 0 spiro atoms. The molecule has 6 nitrogen and oxygen atoms in total. The monoisotopic (exact) mass is 300 g/mol. The maximum Gasteiger partial charge on any atom is 0.308 e.